The molecule has 0 fully saturated rings. The highest BCUT2D eigenvalue weighted by Crippen LogP contribution is 2.37. The molecule has 2 atom stereocenters. The summed E-state index contributed by atoms with van der Waals surface area (Å²) in [6.07, 6.45) is 0.133. The molecule has 3 rings (SSSR count). The molecule has 0 saturated heterocycles. The van der Waals surface area contributed by atoms with Crippen LogP contribution < -0.4 is 14.4 Å². The van der Waals surface area contributed by atoms with E-state index in [9.17, 15) is 13.2 Å². The summed E-state index contributed by atoms with van der Waals surface area (Å²) >= 11 is 5.98. The van der Waals surface area contributed by atoms with Crippen LogP contribution in [0.2, 0.25) is 5.02 Å². The van der Waals surface area contributed by atoms with Crippen LogP contribution in [0.3, 0.4) is 0 Å². The second-order valence-corrected chi connectivity index (χ2v) is 9.00. The maximum atomic E-state index is 12.7. The standard InChI is InChI=1S/C19H21ClN2O4S/c1-12-4-6-14(7-5-12)13(2)21-19(23)18-11-22(27(3,24)25)16-10-15(20)8-9-17(16)26-18/h4-10,13,18H,11H2,1-3H3,(H,21,23)/t13-,18+/m1/s1. The second-order valence-electron chi connectivity index (χ2n) is 6.65. The Balaban J connectivity index is 1.81. The minimum Gasteiger partial charge on any atom is -0.476 e. The molecule has 1 aliphatic rings. The third-order valence-corrected chi connectivity index (χ3v) is 5.80. The lowest BCUT2D eigenvalue weighted by molar-refractivity contribution is -0.128. The van der Waals surface area contributed by atoms with Crippen molar-refractivity contribution >= 4 is 33.2 Å². The average Bonchev–Trinajstić information content (AvgIpc) is 2.60. The first-order valence-electron chi connectivity index (χ1n) is 8.46. The van der Waals surface area contributed by atoms with Crippen LogP contribution in [-0.4, -0.2) is 33.2 Å². The van der Waals surface area contributed by atoms with Gasteiger partial charge in [-0.05, 0) is 37.6 Å². The SMILES string of the molecule is Cc1ccc([C@@H](C)NC(=O)[C@@H]2CN(S(C)(=O)=O)c3cc(Cl)ccc3O2)cc1. The third-order valence-electron chi connectivity index (χ3n) is 4.42. The summed E-state index contributed by atoms with van der Waals surface area (Å²) in [5, 5.41) is 3.28. The lowest BCUT2D eigenvalue weighted by Crippen LogP contribution is -2.50. The van der Waals surface area contributed by atoms with E-state index >= 15 is 0 Å². The molecule has 1 amide bonds. The fourth-order valence-electron chi connectivity index (χ4n) is 2.92. The van der Waals surface area contributed by atoms with Crippen LogP contribution in [0.1, 0.15) is 24.1 Å². The molecule has 1 heterocycles. The Bertz CT molecular complexity index is 960. The van der Waals surface area contributed by atoms with Gasteiger partial charge < -0.3 is 10.1 Å². The molecule has 1 aliphatic heterocycles. The van der Waals surface area contributed by atoms with E-state index in [-0.39, 0.29) is 18.5 Å². The number of sulfonamides is 1. The van der Waals surface area contributed by atoms with E-state index in [0.29, 0.717) is 16.5 Å². The number of anilines is 1. The Morgan fingerprint density at radius 3 is 2.56 bits per heavy atom. The summed E-state index contributed by atoms with van der Waals surface area (Å²) in [6.45, 7) is 3.75. The molecular formula is C19H21ClN2O4S. The number of aryl methyl sites for hydroxylation is 1. The fraction of sp³-hybridized carbons (Fsp3) is 0.316. The maximum Gasteiger partial charge on any atom is 0.263 e. The molecule has 1 N–H and O–H groups in total. The van der Waals surface area contributed by atoms with E-state index in [1.54, 1.807) is 12.1 Å². The van der Waals surface area contributed by atoms with Gasteiger partial charge in [0.1, 0.15) is 5.75 Å². The molecule has 0 spiro atoms. The van der Waals surface area contributed by atoms with Crippen molar-refractivity contribution in [1.29, 1.82) is 0 Å². The van der Waals surface area contributed by atoms with Crippen molar-refractivity contribution in [2.24, 2.45) is 0 Å². The summed E-state index contributed by atoms with van der Waals surface area (Å²) in [5.74, 6) is -0.0726. The molecule has 144 valence electrons. The zero-order chi connectivity index (χ0) is 19.8. The maximum absolute atomic E-state index is 12.7. The zero-order valence-corrected chi connectivity index (χ0v) is 16.8. The highest BCUT2D eigenvalue weighted by molar-refractivity contribution is 7.92. The third kappa shape index (κ3) is 4.36. The van der Waals surface area contributed by atoms with Crippen LogP contribution >= 0.6 is 11.6 Å². The van der Waals surface area contributed by atoms with Crippen molar-refractivity contribution in [3.63, 3.8) is 0 Å². The topological polar surface area (TPSA) is 75.7 Å². The van der Waals surface area contributed by atoms with Crippen molar-refractivity contribution in [3.05, 3.63) is 58.6 Å². The number of benzene rings is 2. The summed E-state index contributed by atoms with van der Waals surface area (Å²) in [7, 11) is -3.59. The van der Waals surface area contributed by atoms with Crippen LogP contribution in [0.5, 0.6) is 5.75 Å². The van der Waals surface area contributed by atoms with Gasteiger partial charge in [-0.2, -0.15) is 0 Å². The van der Waals surface area contributed by atoms with Crippen molar-refractivity contribution in [2.45, 2.75) is 26.0 Å². The predicted molar refractivity (Wildman–Crippen MR) is 106 cm³/mol. The number of ether oxygens (including phenoxy) is 1. The molecule has 6 nitrogen and oxygen atoms in total. The number of hydrogen-bond acceptors (Lipinski definition) is 4. The lowest BCUT2D eigenvalue weighted by atomic mass is 10.1. The van der Waals surface area contributed by atoms with Crippen molar-refractivity contribution < 1.29 is 17.9 Å². The molecule has 0 bridgehead atoms. The molecule has 0 saturated carbocycles. The molecular weight excluding hydrogens is 388 g/mol. The predicted octanol–water partition coefficient (Wildman–Crippen LogP) is 3.05. The second kappa shape index (κ2) is 7.40. The highest BCUT2D eigenvalue weighted by Gasteiger charge is 2.35. The highest BCUT2D eigenvalue weighted by atomic mass is 35.5. The van der Waals surface area contributed by atoms with E-state index in [1.807, 2.05) is 38.1 Å². The normalized spacial score (nSPS) is 17.6. The summed E-state index contributed by atoms with van der Waals surface area (Å²) in [5.41, 5.74) is 2.42. The van der Waals surface area contributed by atoms with E-state index in [4.69, 9.17) is 16.3 Å². The average molecular weight is 409 g/mol. The van der Waals surface area contributed by atoms with Crippen LogP contribution in [0.25, 0.3) is 0 Å². The van der Waals surface area contributed by atoms with Crippen molar-refractivity contribution in [2.75, 3.05) is 17.1 Å². The molecule has 2 aromatic rings. The molecule has 0 aliphatic carbocycles. The first kappa shape index (κ1) is 19.5. The number of carbonyl (C=O) groups is 1. The number of rotatable bonds is 4. The summed E-state index contributed by atoms with van der Waals surface area (Å²) in [4.78, 5) is 12.7. The minimum absolute atomic E-state index is 0.112. The van der Waals surface area contributed by atoms with Gasteiger partial charge in [0.2, 0.25) is 10.0 Å². The van der Waals surface area contributed by atoms with Crippen molar-refractivity contribution in [3.8, 4) is 5.75 Å². The smallest absolute Gasteiger partial charge is 0.263 e. The quantitative estimate of drug-likeness (QED) is 0.843. The van der Waals surface area contributed by atoms with Crippen molar-refractivity contribution in [1.82, 2.24) is 5.32 Å². The van der Waals surface area contributed by atoms with Gasteiger partial charge in [-0.1, -0.05) is 41.4 Å². The summed E-state index contributed by atoms with van der Waals surface area (Å²) < 4.78 is 31.3. The molecule has 0 unspecified atom stereocenters. The van der Waals surface area contributed by atoms with Crippen LogP contribution in [0.4, 0.5) is 5.69 Å². The summed E-state index contributed by atoms with van der Waals surface area (Å²) in [6, 6.07) is 12.3. The van der Waals surface area contributed by atoms with Crippen LogP contribution in [-0.2, 0) is 14.8 Å². The lowest BCUT2D eigenvalue weighted by Gasteiger charge is -2.34. The van der Waals surface area contributed by atoms with Gasteiger partial charge in [0, 0.05) is 5.02 Å². The van der Waals surface area contributed by atoms with E-state index in [2.05, 4.69) is 5.32 Å². The first-order valence-corrected chi connectivity index (χ1v) is 10.7. The van der Waals surface area contributed by atoms with Gasteiger partial charge in [-0.3, -0.25) is 9.10 Å². The minimum atomic E-state index is -3.59. The van der Waals surface area contributed by atoms with E-state index in [1.165, 1.54) is 6.07 Å². The largest absolute Gasteiger partial charge is 0.476 e. The van der Waals surface area contributed by atoms with Gasteiger partial charge in [0.25, 0.3) is 5.91 Å². The molecule has 27 heavy (non-hydrogen) atoms. The van der Waals surface area contributed by atoms with Gasteiger partial charge in [-0.15, -0.1) is 0 Å². The van der Waals surface area contributed by atoms with E-state index in [0.717, 1.165) is 21.7 Å². The fourth-order valence-corrected chi connectivity index (χ4v) is 3.99. The number of nitrogens with zero attached hydrogens (tertiary/aromatic N) is 1. The number of halogens is 1. The van der Waals surface area contributed by atoms with Crippen LogP contribution in [0.15, 0.2) is 42.5 Å². The Labute approximate surface area is 164 Å². The molecule has 2 aromatic carbocycles. The van der Waals surface area contributed by atoms with Gasteiger partial charge >= 0.3 is 0 Å². The molecule has 0 radical (unpaired) electrons. The van der Waals surface area contributed by atoms with Gasteiger partial charge in [0.05, 0.1) is 24.5 Å². The molecule has 8 heteroatoms. The number of fused-ring (bicyclic) bond motifs is 1. The zero-order valence-electron chi connectivity index (χ0n) is 15.3. The van der Waals surface area contributed by atoms with E-state index < -0.39 is 16.1 Å². The Hall–Kier alpha value is -2.25. The number of amides is 1. The van der Waals surface area contributed by atoms with Gasteiger partial charge in [-0.25, -0.2) is 8.42 Å². The Kier molecular flexibility index (Phi) is 5.35. The number of nitrogens with one attached hydrogen (secondary N) is 1. The first-order chi connectivity index (χ1) is 12.6. The number of hydrogen-bond donors (Lipinski definition) is 1. The molecule has 0 aromatic heterocycles. The van der Waals surface area contributed by atoms with Crippen LogP contribution in [0, 0.1) is 6.92 Å². The Morgan fingerprint density at radius 2 is 1.93 bits per heavy atom. The Morgan fingerprint density at radius 1 is 1.26 bits per heavy atom. The van der Waals surface area contributed by atoms with Gasteiger partial charge in [0.15, 0.2) is 6.10 Å². The monoisotopic (exact) mass is 408 g/mol. The number of carbonyl (C=O) groups excluding carboxylic acids is 1.